The van der Waals surface area contributed by atoms with Gasteiger partial charge in [-0.25, -0.2) is 9.69 Å². The van der Waals surface area contributed by atoms with Crippen molar-refractivity contribution in [2.24, 2.45) is 0 Å². The summed E-state index contributed by atoms with van der Waals surface area (Å²) in [6.45, 7) is 0.716. The number of nitriles is 1. The molecule has 0 atom stereocenters. The van der Waals surface area contributed by atoms with Crippen LogP contribution in [0, 0.1) is 11.3 Å². The Morgan fingerprint density at radius 2 is 2.00 bits per heavy atom. The van der Waals surface area contributed by atoms with E-state index in [2.05, 4.69) is 0 Å². The third-order valence-electron chi connectivity index (χ3n) is 4.14. The number of hydrogen-bond donors (Lipinski definition) is 0. The van der Waals surface area contributed by atoms with Crippen LogP contribution in [0.2, 0.25) is 0 Å². The van der Waals surface area contributed by atoms with E-state index in [0.29, 0.717) is 37.1 Å². The first-order valence-electron chi connectivity index (χ1n) is 7.38. The lowest BCUT2D eigenvalue weighted by Crippen LogP contribution is -2.48. The van der Waals surface area contributed by atoms with Gasteiger partial charge in [0.2, 0.25) is 0 Å². The standard InChI is InChI=1S/C16H15N3O4/c17-9-11-2-1-3-12(8-11)15(21)18-6-4-13(5-7-18)19-14(20)10-23-16(19)22/h1-3,8,13H,4-7,10H2. The normalized spacial score (nSPS) is 18.7. The number of amides is 3. The van der Waals surface area contributed by atoms with Gasteiger partial charge in [0, 0.05) is 24.7 Å². The number of benzene rings is 1. The Labute approximate surface area is 133 Å². The number of ether oxygens (including phenoxy) is 1. The van der Waals surface area contributed by atoms with Crippen molar-refractivity contribution in [1.29, 1.82) is 5.26 Å². The van der Waals surface area contributed by atoms with Crippen LogP contribution < -0.4 is 0 Å². The maximum absolute atomic E-state index is 12.5. The highest BCUT2D eigenvalue weighted by Crippen LogP contribution is 2.22. The van der Waals surface area contributed by atoms with Gasteiger partial charge in [0.15, 0.2) is 6.61 Å². The van der Waals surface area contributed by atoms with Crippen molar-refractivity contribution in [1.82, 2.24) is 9.80 Å². The number of carbonyl (C=O) groups is 3. The summed E-state index contributed by atoms with van der Waals surface area (Å²) in [7, 11) is 0. The topological polar surface area (TPSA) is 90.7 Å². The molecule has 2 heterocycles. The smallest absolute Gasteiger partial charge is 0.417 e. The van der Waals surface area contributed by atoms with E-state index in [1.54, 1.807) is 29.2 Å². The molecular weight excluding hydrogens is 298 g/mol. The van der Waals surface area contributed by atoms with E-state index >= 15 is 0 Å². The van der Waals surface area contributed by atoms with E-state index in [4.69, 9.17) is 10.00 Å². The van der Waals surface area contributed by atoms with Crippen LogP contribution in [0.5, 0.6) is 0 Å². The first-order valence-corrected chi connectivity index (χ1v) is 7.38. The van der Waals surface area contributed by atoms with Crippen molar-refractivity contribution in [3.8, 4) is 6.07 Å². The number of likely N-dealkylation sites (tertiary alicyclic amines) is 1. The summed E-state index contributed by atoms with van der Waals surface area (Å²) in [6, 6.07) is 8.36. The first-order chi connectivity index (χ1) is 11.1. The van der Waals surface area contributed by atoms with Gasteiger partial charge in [0.05, 0.1) is 11.6 Å². The van der Waals surface area contributed by atoms with Gasteiger partial charge < -0.3 is 9.64 Å². The minimum absolute atomic E-state index is 0.143. The Hall–Kier alpha value is -2.88. The molecule has 0 N–H and O–H groups in total. The van der Waals surface area contributed by atoms with Gasteiger partial charge in [-0.15, -0.1) is 0 Å². The maximum Gasteiger partial charge on any atom is 0.417 e. The summed E-state index contributed by atoms with van der Waals surface area (Å²) in [4.78, 5) is 38.5. The van der Waals surface area contributed by atoms with Crippen molar-refractivity contribution in [3.63, 3.8) is 0 Å². The molecule has 0 unspecified atom stereocenters. The summed E-state index contributed by atoms with van der Waals surface area (Å²) in [5, 5.41) is 8.90. The Morgan fingerprint density at radius 1 is 1.26 bits per heavy atom. The number of carbonyl (C=O) groups excluding carboxylic acids is 3. The molecule has 23 heavy (non-hydrogen) atoms. The van der Waals surface area contributed by atoms with Gasteiger partial charge in [0.25, 0.3) is 11.8 Å². The van der Waals surface area contributed by atoms with Crippen molar-refractivity contribution >= 4 is 17.9 Å². The van der Waals surface area contributed by atoms with Crippen molar-refractivity contribution in [2.45, 2.75) is 18.9 Å². The largest absolute Gasteiger partial charge is 0.439 e. The van der Waals surface area contributed by atoms with Crippen LogP contribution in [0.4, 0.5) is 4.79 Å². The fourth-order valence-corrected chi connectivity index (χ4v) is 2.95. The molecule has 3 amide bonds. The van der Waals surface area contributed by atoms with Crippen LogP contribution >= 0.6 is 0 Å². The van der Waals surface area contributed by atoms with Gasteiger partial charge >= 0.3 is 6.09 Å². The zero-order valence-corrected chi connectivity index (χ0v) is 12.4. The second-order valence-corrected chi connectivity index (χ2v) is 5.53. The Balaban J connectivity index is 1.64. The molecule has 2 aliphatic heterocycles. The summed E-state index contributed by atoms with van der Waals surface area (Å²) in [6.07, 6.45) is 0.469. The molecule has 7 nitrogen and oxygen atoms in total. The van der Waals surface area contributed by atoms with E-state index in [9.17, 15) is 14.4 Å². The summed E-state index contributed by atoms with van der Waals surface area (Å²) >= 11 is 0. The summed E-state index contributed by atoms with van der Waals surface area (Å²) in [5.41, 5.74) is 0.912. The third-order valence-corrected chi connectivity index (χ3v) is 4.14. The monoisotopic (exact) mass is 313 g/mol. The van der Waals surface area contributed by atoms with Crippen LogP contribution in [0.1, 0.15) is 28.8 Å². The summed E-state index contributed by atoms with van der Waals surface area (Å²) in [5.74, 6) is -0.461. The number of rotatable bonds is 2. The quantitative estimate of drug-likeness (QED) is 0.816. The Kier molecular flexibility index (Phi) is 3.98. The van der Waals surface area contributed by atoms with Crippen molar-refractivity contribution in [3.05, 3.63) is 35.4 Å². The highest BCUT2D eigenvalue weighted by atomic mass is 16.6. The molecule has 3 rings (SSSR count). The van der Waals surface area contributed by atoms with Crippen LogP contribution in [0.25, 0.3) is 0 Å². The van der Waals surface area contributed by atoms with Crippen LogP contribution in [0.3, 0.4) is 0 Å². The van der Waals surface area contributed by atoms with Crippen LogP contribution in [-0.2, 0) is 9.53 Å². The molecule has 0 aromatic heterocycles. The predicted molar refractivity (Wildman–Crippen MR) is 78.3 cm³/mol. The highest BCUT2D eigenvalue weighted by Gasteiger charge is 2.39. The van der Waals surface area contributed by atoms with Crippen LogP contribution in [-0.4, -0.2) is 53.4 Å². The predicted octanol–water partition coefficient (Wildman–Crippen LogP) is 1.14. The van der Waals surface area contributed by atoms with Gasteiger partial charge in [0.1, 0.15) is 0 Å². The number of piperidine rings is 1. The van der Waals surface area contributed by atoms with E-state index in [1.165, 1.54) is 0 Å². The third kappa shape index (κ3) is 2.88. The molecule has 2 saturated heterocycles. The molecule has 2 fully saturated rings. The molecule has 0 bridgehead atoms. The van der Waals surface area contributed by atoms with Crippen molar-refractivity contribution < 1.29 is 19.1 Å². The zero-order chi connectivity index (χ0) is 16.4. The second-order valence-electron chi connectivity index (χ2n) is 5.53. The summed E-state index contributed by atoms with van der Waals surface area (Å²) < 4.78 is 4.73. The highest BCUT2D eigenvalue weighted by molar-refractivity contribution is 5.98. The lowest BCUT2D eigenvalue weighted by molar-refractivity contribution is -0.127. The molecule has 2 aliphatic rings. The van der Waals surface area contributed by atoms with E-state index < -0.39 is 6.09 Å². The number of nitrogens with zero attached hydrogens (tertiary/aromatic N) is 3. The SMILES string of the molecule is N#Cc1cccc(C(=O)N2CCC(N3C(=O)COC3=O)CC2)c1. The fourth-order valence-electron chi connectivity index (χ4n) is 2.95. The molecule has 118 valence electrons. The van der Waals surface area contributed by atoms with Gasteiger partial charge in [-0.05, 0) is 31.0 Å². The Bertz CT molecular complexity index is 686. The number of cyclic esters (lactones) is 1. The lowest BCUT2D eigenvalue weighted by atomic mass is 10.0. The molecule has 0 aliphatic carbocycles. The fraction of sp³-hybridized carbons (Fsp3) is 0.375. The molecular formula is C16H15N3O4. The number of hydrogen-bond acceptors (Lipinski definition) is 5. The molecule has 1 aromatic rings. The van der Waals surface area contributed by atoms with Gasteiger partial charge in [-0.1, -0.05) is 6.07 Å². The van der Waals surface area contributed by atoms with E-state index in [-0.39, 0.29) is 24.5 Å². The molecule has 1 aromatic carbocycles. The molecule has 7 heteroatoms. The lowest BCUT2D eigenvalue weighted by Gasteiger charge is -2.34. The molecule has 0 spiro atoms. The average Bonchev–Trinajstić information content (AvgIpc) is 2.93. The number of imide groups is 1. The van der Waals surface area contributed by atoms with Gasteiger partial charge in [-0.3, -0.25) is 9.59 Å². The second kappa shape index (κ2) is 6.08. The first kappa shape index (κ1) is 15.0. The van der Waals surface area contributed by atoms with Crippen molar-refractivity contribution in [2.75, 3.05) is 19.7 Å². The zero-order valence-electron chi connectivity index (χ0n) is 12.4. The Morgan fingerprint density at radius 3 is 2.61 bits per heavy atom. The van der Waals surface area contributed by atoms with Gasteiger partial charge in [-0.2, -0.15) is 5.26 Å². The van der Waals surface area contributed by atoms with E-state index in [0.717, 1.165) is 4.90 Å². The molecule has 0 radical (unpaired) electrons. The molecule has 0 saturated carbocycles. The minimum Gasteiger partial charge on any atom is -0.439 e. The van der Waals surface area contributed by atoms with Crippen LogP contribution in [0.15, 0.2) is 24.3 Å². The average molecular weight is 313 g/mol. The van der Waals surface area contributed by atoms with E-state index in [1.807, 2.05) is 6.07 Å². The maximum atomic E-state index is 12.5. The minimum atomic E-state index is -0.596.